The van der Waals surface area contributed by atoms with E-state index in [4.69, 9.17) is 4.74 Å². The van der Waals surface area contributed by atoms with Gasteiger partial charge in [0.1, 0.15) is 0 Å². The Kier molecular flexibility index (Phi) is 6.14. The van der Waals surface area contributed by atoms with Gasteiger partial charge in [0.15, 0.2) is 16.6 Å². The number of fused-ring (bicyclic) bond motifs is 1. The first-order valence-electron chi connectivity index (χ1n) is 9.74. The lowest BCUT2D eigenvalue weighted by molar-refractivity contribution is 0.0518. The van der Waals surface area contributed by atoms with Crippen LogP contribution in [0.15, 0.2) is 35.2 Å². The maximum atomic E-state index is 13.0. The van der Waals surface area contributed by atoms with E-state index in [0.717, 1.165) is 4.70 Å². The molecule has 1 aliphatic heterocycles. The molecule has 3 heterocycles. The van der Waals surface area contributed by atoms with Crippen molar-refractivity contribution in [1.82, 2.24) is 24.4 Å². The lowest BCUT2D eigenvalue weighted by Crippen LogP contribution is -2.46. The summed E-state index contributed by atoms with van der Waals surface area (Å²) in [4.78, 5) is 18.5. The summed E-state index contributed by atoms with van der Waals surface area (Å²) < 4.78 is 33.1. The molecular formula is C19H22N6O4S2. The number of hydrogen-bond acceptors (Lipinski definition) is 10. The summed E-state index contributed by atoms with van der Waals surface area (Å²) in [6.07, 6.45) is 0. The third-order valence-corrected chi connectivity index (χ3v) is 7.67. The summed E-state index contributed by atoms with van der Waals surface area (Å²) in [6, 6.07) is 8.07. The van der Waals surface area contributed by atoms with Crippen LogP contribution in [0.2, 0.25) is 0 Å². The van der Waals surface area contributed by atoms with Gasteiger partial charge in [0.05, 0.1) is 21.7 Å². The fourth-order valence-corrected chi connectivity index (χ4v) is 5.55. The van der Waals surface area contributed by atoms with E-state index in [0.29, 0.717) is 42.6 Å². The van der Waals surface area contributed by atoms with E-state index < -0.39 is 16.0 Å². The quantitative estimate of drug-likeness (QED) is 0.548. The number of aromatic nitrogens is 3. The average Bonchev–Trinajstić information content (AvgIpc) is 3.16. The second-order valence-electron chi connectivity index (χ2n) is 7.01. The molecule has 3 aromatic rings. The van der Waals surface area contributed by atoms with Crippen molar-refractivity contribution >= 4 is 48.5 Å². The summed E-state index contributed by atoms with van der Waals surface area (Å²) in [7, 11) is -1.56. The molecule has 1 N–H and O–H groups in total. The highest BCUT2D eigenvalue weighted by Crippen LogP contribution is 2.30. The van der Waals surface area contributed by atoms with E-state index >= 15 is 0 Å². The number of rotatable bonds is 6. The van der Waals surface area contributed by atoms with Crippen molar-refractivity contribution in [1.29, 1.82) is 0 Å². The minimum atomic E-state index is -3.55. The van der Waals surface area contributed by atoms with Crippen molar-refractivity contribution in [2.24, 2.45) is 0 Å². The number of sulfonamides is 1. The van der Waals surface area contributed by atoms with E-state index in [1.165, 1.54) is 21.7 Å². The molecule has 1 aromatic carbocycles. The molecule has 0 saturated carbocycles. The Labute approximate surface area is 183 Å². The van der Waals surface area contributed by atoms with Gasteiger partial charge in [0.2, 0.25) is 10.0 Å². The van der Waals surface area contributed by atoms with Crippen molar-refractivity contribution in [2.75, 3.05) is 45.2 Å². The van der Waals surface area contributed by atoms with Gasteiger partial charge in [0.25, 0.3) is 0 Å². The number of carbonyl (C=O) groups excluding carboxylic acids is 1. The first-order valence-corrected chi connectivity index (χ1v) is 12.0. The number of ether oxygens (including phenoxy) is 1. The van der Waals surface area contributed by atoms with E-state index in [2.05, 4.69) is 25.4 Å². The molecule has 4 rings (SSSR count). The smallest absolute Gasteiger partial charge is 0.358 e. The second kappa shape index (κ2) is 8.83. The summed E-state index contributed by atoms with van der Waals surface area (Å²) in [5.41, 5.74) is 0.802. The van der Waals surface area contributed by atoms with Crippen LogP contribution in [-0.2, 0) is 14.8 Å². The molecule has 0 aliphatic carbocycles. The Balaban J connectivity index is 1.52. The Bertz CT molecular complexity index is 1190. The molecule has 1 aliphatic rings. The van der Waals surface area contributed by atoms with Gasteiger partial charge in [-0.15, -0.1) is 10.2 Å². The molecule has 1 fully saturated rings. The normalized spacial score (nSPS) is 15.8. The molecule has 12 heteroatoms. The molecule has 0 bridgehead atoms. The molecule has 2 aromatic heterocycles. The standard InChI is InChI=1S/C19H22N6O4S2/c1-3-29-18(26)15-6-7-17(23-22-15)21-19-20-14-5-4-13(12-16(14)30-19)31(27,28)25-10-8-24(2)9-11-25/h4-7,12H,3,8-11H2,1-2H3,(H,20,21,23). The van der Waals surface area contributed by atoms with Gasteiger partial charge in [-0.1, -0.05) is 11.3 Å². The number of benzene rings is 1. The Morgan fingerprint density at radius 2 is 1.94 bits per heavy atom. The molecule has 31 heavy (non-hydrogen) atoms. The topological polar surface area (TPSA) is 118 Å². The molecule has 0 unspecified atom stereocenters. The van der Waals surface area contributed by atoms with E-state index in [-0.39, 0.29) is 17.2 Å². The van der Waals surface area contributed by atoms with Crippen molar-refractivity contribution in [3.63, 3.8) is 0 Å². The fourth-order valence-electron chi connectivity index (χ4n) is 3.12. The summed E-state index contributed by atoms with van der Waals surface area (Å²) >= 11 is 1.32. The number of carbonyl (C=O) groups is 1. The van der Waals surface area contributed by atoms with Gasteiger partial charge < -0.3 is 15.0 Å². The van der Waals surface area contributed by atoms with E-state index in [1.54, 1.807) is 31.2 Å². The Morgan fingerprint density at radius 3 is 2.61 bits per heavy atom. The highest BCUT2D eigenvalue weighted by atomic mass is 32.2. The highest BCUT2D eigenvalue weighted by molar-refractivity contribution is 7.89. The van der Waals surface area contributed by atoms with Gasteiger partial charge in [-0.2, -0.15) is 4.31 Å². The third kappa shape index (κ3) is 4.66. The van der Waals surface area contributed by atoms with Crippen LogP contribution in [0.1, 0.15) is 17.4 Å². The van der Waals surface area contributed by atoms with E-state index in [9.17, 15) is 13.2 Å². The monoisotopic (exact) mass is 462 g/mol. The largest absolute Gasteiger partial charge is 0.461 e. The zero-order valence-electron chi connectivity index (χ0n) is 17.1. The number of likely N-dealkylation sites (N-methyl/N-ethyl adjacent to an activating group) is 1. The van der Waals surface area contributed by atoms with Gasteiger partial charge in [-0.3, -0.25) is 0 Å². The number of nitrogens with zero attached hydrogens (tertiary/aromatic N) is 5. The second-order valence-corrected chi connectivity index (χ2v) is 9.97. The maximum absolute atomic E-state index is 13.0. The fraction of sp³-hybridized carbons (Fsp3) is 0.368. The number of thiazole rings is 1. The van der Waals surface area contributed by atoms with E-state index in [1.807, 2.05) is 7.05 Å². The first-order chi connectivity index (χ1) is 14.9. The van der Waals surface area contributed by atoms with Crippen molar-refractivity contribution in [3.05, 3.63) is 36.0 Å². The predicted octanol–water partition coefficient (Wildman–Crippen LogP) is 1.94. The van der Waals surface area contributed by atoms with Crippen LogP contribution < -0.4 is 5.32 Å². The summed E-state index contributed by atoms with van der Waals surface area (Å²) in [5.74, 6) is -0.118. The van der Waals surface area contributed by atoms with Crippen LogP contribution in [-0.4, -0.2) is 78.6 Å². The van der Waals surface area contributed by atoms with Gasteiger partial charge in [0, 0.05) is 26.2 Å². The molecule has 0 atom stereocenters. The first kappa shape index (κ1) is 21.6. The molecule has 0 spiro atoms. The molecule has 164 valence electrons. The minimum Gasteiger partial charge on any atom is -0.461 e. The predicted molar refractivity (Wildman–Crippen MR) is 117 cm³/mol. The number of hydrogen-bond donors (Lipinski definition) is 1. The van der Waals surface area contributed by atoms with Gasteiger partial charge >= 0.3 is 5.97 Å². The lowest BCUT2D eigenvalue weighted by Gasteiger charge is -2.31. The molecular weight excluding hydrogens is 440 g/mol. The lowest BCUT2D eigenvalue weighted by atomic mass is 10.3. The highest BCUT2D eigenvalue weighted by Gasteiger charge is 2.27. The van der Waals surface area contributed by atoms with Crippen molar-refractivity contribution < 1.29 is 17.9 Å². The van der Waals surface area contributed by atoms with Crippen LogP contribution in [0.5, 0.6) is 0 Å². The zero-order chi connectivity index (χ0) is 22.0. The van der Waals surface area contributed by atoms with Crippen LogP contribution in [0, 0.1) is 0 Å². The number of esters is 1. The Hall–Kier alpha value is -2.67. The SMILES string of the molecule is CCOC(=O)c1ccc(Nc2nc3ccc(S(=O)(=O)N4CCN(C)CC4)cc3s2)nn1. The van der Waals surface area contributed by atoms with Crippen LogP contribution >= 0.6 is 11.3 Å². The zero-order valence-corrected chi connectivity index (χ0v) is 18.7. The van der Waals surface area contributed by atoms with Crippen LogP contribution in [0.4, 0.5) is 10.9 Å². The third-order valence-electron chi connectivity index (χ3n) is 4.84. The number of nitrogens with one attached hydrogen (secondary N) is 1. The number of piperazine rings is 1. The minimum absolute atomic E-state index is 0.121. The van der Waals surface area contributed by atoms with Gasteiger partial charge in [-0.05, 0) is 44.3 Å². The van der Waals surface area contributed by atoms with Crippen LogP contribution in [0.3, 0.4) is 0 Å². The van der Waals surface area contributed by atoms with Gasteiger partial charge in [-0.25, -0.2) is 18.2 Å². The molecule has 0 amide bonds. The maximum Gasteiger partial charge on any atom is 0.358 e. The van der Waals surface area contributed by atoms with Crippen molar-refractivity contribution in [3.8, 4) is 0 Å². The average molecular weight is 463 g/mol. The summed E-state index contributed by atoms with van der Waals surface area (Å²) in [5, 5.41) is 11.4. The summed E-state index contributed by atoms with van der Waals surface area (Å²) in [6.45, 7) is 4.37. The molecule has 0 radical (unpaired) electrons. The van der Waals surface area contributed by atoms with Crippen molar-refractivity contribution in [2.45, 2.75) is 11.8 Å². The van der Waals surface area contributed by atoms with Crippen LogP contribution in [0.25, 0.3) is 10.2 Å². The Morgan fingerprint density at radius 1 is 1.16 bits per heavy atom. The number of anilines is 2. The molecule has 1 saturated heterocycles. The molecule has 10 nitrogen and oxygen atoms in total.